The van der Waals surface area contributed by atoms with E-state index >= 15 is 0 Å². The van der Waals surface area contributed by atoms with E-state index in [-0.39, 0.29) is 6.04 Å². The Kier molecular flexibility index (Phi) is 4.55. The molecule has 20 heavy (non-hydrogen) atoms. The number of nitrogens with zero attached hydrogens (tertiary/aromatic N) is 3. The van der Waals surface area contributed by atoms with E-state index in [1.807, 2.05) is 11.6 Å². The van der Waals surface area contributed by atoms with Crippen LogP contribution in [0.2, 0.25) is 0 Å². The van der Waals surface area contributed by atoms with Crippen molar-refractivity contribution >= 4 is 0 Å². The van der Waals surface area contributed by atoms with E-state index in [0.29, 0.717) is 0 Å². The van der Waals surface area contributed by atoms with Crippen LogP contribution in [0, 0.1) is 6.92 Å². The van der Waals surface area contributed by atoms with Crippen molar-refractivity contribution in [3.05, 3.63) is 41.0 Å². The number of aryl methyl sites for hydroxylation is 3. The van der Waals surface area contributed by atoms with Crippen molar-refractivity contribution in [2.75, 3.05) is 0 Å². The molecule has 0 amide bonds. The molecule has 1 aromatic carbocycles. The van der Waals surface area contributed by atoms with Gasteiger partial charge in [0.05, 0.1) is 5.69 Å². The molecule has 0 saturated heterocycles. The molecule has 2 N–H and O–H groups in total. The van der Waals surface area contributed by atoms with Gasteiger partial charge in [0, 0.05) is 18.9 Å². The van der Waals surface area contributed by atoms with Gasteiger partial charge in [-0.05, 0) is 43.5 Å². The SMILES string of the molecule is CCc1nc(CC)n(-c2ccc(CC(C)N)c(C)c2)n1. The third-order valence-corrected chi connectivity index (χ3v) is 3.46. The zero-order chi connectivity index (χ0) is 14.7. The van der Waals surface area contributed by atoms with Gasteiger partial charge in [0.1, 0.15) is 5.82 Å². The molecule has 1 unspecified atom stereocenters. The first-order valence-corrected chi connectivity index (χ1v) is 7.35. The van der Waals surface area contributed by atoms with Gasteiger partial charge in [-0.25, -0.2) is 9.67 Å². The predicted octanol–water partition coefficient (Wildman–Crippen LogP) is 2.59. The molecular weight excluding hydrogens is 248 g/mol. The standard InChI is InChI=1S/C16H24N4/c1-5-15-18-16(6-2)20(19-15)14-8-7-13(10-12(4)17)11(3)9-14/h7-9,12H,5-6,10,17H2,1-4H3. The molecular formula is C16H24N4. The van der Waals surface area contributed by atoms with Gasteiger partial charge in [-0.1, -0.05) is 19.9 Å². The summed E-state index contributed by atoms with van der Waals surface area (Å²) >= 11 is 0. The molecule has 2 aromatic rings. The number of hydrogen-bond acceptors (Lipinski definition) is 3. The van der Waals surface area contributed by atoms with Crippen molar-refractivity contribution in [2.45, 2.75) is 53.0 Å². The first kappa shape index (κ1) is 14.7. The first-order valence-electron chi connectivity index (χ1n) is 7.35. The summed E-state index contributed by atoms with van der Waals surface area (Å²) in [5.41, 5.74) is 9.53. The van der Waals surface area contributed by atoms with Crippen molar-refractivity contribution in [1.82, 2.24) is 14.8 Å². The molecule has 1 atom stereocenters. The molecule has 4 heteroatoms. The lowest BCUT2D eigenvalue weighted by Gasteiger charge is -2.11. The molecule has 108 valence electrons. The van der Waals surface area contributed by atoms with Crippen LogP contribution in [-0.4, -0.2) is 20.8 Å². The van der Waals surface area contributed by atoms with Gasteiger partial charge in [-0.15, -0.1) is 0 Å². The van der Waals surface area contributed by atoms with Gasteiger partial charge >= 0.3 is 0 Å². The van der Waals surface area contributed by atoms with E-state index in [1.54, 1.807) is 0 Å². The van der Waals surface area contributed by atoms with E-state index in [2.05, 4.69) is 49.1 Å². The van der Waals surface area contributed by atoms with Gasteiger partial charge in [-0.3, -0.25) is 0 Å². The summed E-state index contributed by atoms with van der Waals surface area (Å²) in [6.07, 6.45) is 2.65. The Balaban J connectivity index is 2.38. The zero-order valence-corrected chi connectivity index (χ0v) is 12.8. The highest BCUT2D eigenvalue weighted by Crippen LogP contribution is 2.17. The summed E-state index contributed by atoms with van der Waals surface area (Å²) in [6, 6.07) is 6.62. The van der Waals surface area contributed by atoms with Crippen LogP contribution in [0.1, 0.15) is 43.5 Å². The van der Waals surface area contributed by atoms with Crippen LogP contribution in [-0.2, 0) is 19.3 Å². The smallest absolute Gasteiger partial charge is 0.151 e. The Morgan fingerprint density at radius 2 is 2.00 bits per heavy atom. The summed E-state index contributed by atoms with van der Waals surface area (Å²) in [6.45, 7) is 8.35. The van der Waals surface area contributed by atoms with Crippen LogP contribution in [0.5, 0.6) is 0 Å². The van der Waals surface area contributed by atoms with Gasteiger partial charge < -0.3 is 5.73 Å². The molecule has 0 aliphatic heterocycles. The highest BCUT2D eigenvalue weighted by atomic mass is 15.3. The molecule has 0 aliphatic rings. The second kappa shape index (κ2) is 6.18. The molecule has 4 nitrogen and oxygen atoms in total. The Morgan fingerprint density at radius 3 is 2.55 bits per heavy atom. The largest absolute Gasteiger partial charge is 0.328 e. The lowest BCUT2D eigenvalue weighted by molar-refractivity contribution is 0.733. The third-order valence-electron chi connectivity index (χ3n) is 3.46. The molecule has 0 aliphatic carbocycles. The topological polar surface area (TPSA) is 56.7 Å². The number of aromatic nitrogens is 3. The molecule has 0 spiro atoms. The van der Waals surface area contributed by atoms with E-state index in [0.717, 1.165) is 36.6 Å². The van der Waals surface area contributed by atoms with Crippen molar-refractivity contribution in [3.8, 4) is 5.69 Å². The maximum absolute atomic E-state index is 5.88. The van der Waals surface area contributed by atoms with Gasteiger partial charge in [0.2, 0.25) is 0 Å². The third kappa shape index (κ3) is 3.07. The fourth-order valence-corrected chi connectivity index (χ4v) is 2.36. The highest BCUT2D eigenvalue weighted by Gasteiger charge is 2.10. The lowest BCUT2D eigenvalue weighted by atomic mass is 10.0. The van der Waals surface area contributed by atoms with E-state index in [1.165, 1.54) is 11.1 Å². The number of benzene rings is 1. The minimum atomic E-state index is 0.184. The van der Waals surface area contributed by atoms with Crippen LogP contribution in [0.25, 0.3) is 5.69 Å². The molecule has 0 bridgehead atoms. The lowest BCUT2D eigenvalue weighted by Crippen LogP contribution is -2.18. The molecule has 0 fully saturated rings. The molecule has 1 aromatic heterocycles. The first-order chi connectivity index (χ1) is 9.55. The average molecular weight is 272 g/mol. The van der Waals surface area contributed by atoms with E-state index in [9.17, 15) is 0 Å². The summed E-state index contributed by atoms with van der Waals surface area (Å²) < 4.78 is 1.96. The highest BCUT2D eigenvalue weighted by molar-refractivity contribution is 5.40. The van der Waals surface area contributed by atoms with Gasteiger partial charge in [0.25, 0.3) is 0 Å². The van der Waals surface area contributed by atoms with Crippen LogP contribution < -0.4 is 5.73 Å². The van der Waals surface area contributed by atoms with Crippen LogP contribution >= 0.6 is 0 Å². The van der Waals surface area contributed by atoms with Crippen molar-refractivity contribution in [1.29, 1.82) is 0 Å². The summed E-state index contributed by atoms with van der Waals surface area (Å²) in [5, 5.41) is 4.58. The summed E-state index contributed by atoms with van der Waals surface area (Å²) in [4.78, 5) is 4.56. The number of rotatable bonds is 5. The Bertz CT molecular complexity index is 584. The quantitative estimate of drug-likeness (QED) is 0.910. The van der Waals surface area contributed by atoms with Crippen molar-refractivity contribution in [2.24, 2.45) is 5.73 Å². The fourth-order valence-electron chi connectivity index (χ4n) is 2.36. The minimum absolute atomic E-state index is 0.184. The molecule has 0 saturated carbocycles. The summed E-state index contributed by atoms with van der Waals surface area (Å²) in [5.74, 6) is 1.92. The summed E-state index contributed by atoms with van der Waals surface area (Å²) in [7, 11) is 0. The molecule has 0 radical (unpaired) electrons. The predicted molar refractivity (Wildman–Crippen MR) is 82.2 cm³/mol. The number of nitrogens with two attached hydrogens (primary N) is 1. The fraction of sp³-hybridized carbons (Fsp3) is 0.500. The van der Waals surface area contributed by atoms with Crippen molar-refractivity contribution < 1.29 is 0 Å². The normalized spacial score (nSPS) is 12.7. The monoisotopic (exact) mass is 272 g/mol. The maximum atomic E-state index is 5.88. The van der Waals surface area contributed by atoms with E-state index in [4.69, 9.17) is 5.73 Å². The minimum Gasteiger partial charge on any atom is -0.328 e. The maximum Gasteiger partial charge on any atom is 0.151 e. The zero-order valence-electron chi connectivity index (χ0n) is 12.8. The Morgan fingerprint density at radius 1 is 1.25 bits per heavy atom. The average Bonchev–Trinajstić information content (AvgIpc) is 2.84. The van der Waals surface area contributed by atoms with Crippen molar-refractivity contribution in [3.63, 3.8) is 0 Å². The molecule has 2 rings (SSSR count). The molecule has 1 heterocycles. The van der Waals surface area contributed by atoms with E-state index < -0.39 is 0 Å². The van der Waals surface area contributed by atoms with Gasteiger partial charge in [0.15, 0.2) is 5.82 Å². The Labute approximate surface area is 121 Å². The number of hydrogen-bond donors (Lipinski definition) is 1. The van der Waals surface area contributed by atoms with Crippen LogP contribution in [0.3, 0.4) is 0 Å². The Hall–Kier alpha value is -1.68. The van der Waals surface area contributed by atoms with Crippen LogP contribution in [0.15, 0.2) is 18.2 Å². The van der Waals surface area contributed by atoms with Gasteiger partial charge in [-0.2, -0.15) is 5.10 Å². The van der Waals surface area contributed by atoms with Crippen LogP contribution in [0.4, 0.5) is 0 Å². The second-order valence-corrected chi connectivity index (χ2v) is 5.36. The second-order valence-electron chi connectivity index (χ2n) is 5.36.